The van der Waals surface area contributed by atoms with Crippen LogP contribution in [-0.4, -0.2) is 25.5 Å². The van der Waals surface area contributed by atoms with E-state index < -0.39 is 0 Å². The zero-order chi connectivity index (χ0) is 12.3. The Hall–Kier alpha value is -2.22. The number of nitriles is 1. The first-order chi connectivity index (χ1) is 8.20. The lowest BCUT2D eigenvalue weighted by Crippen LogP contribution is -2.33. The largest absolute Gasteiger partial charge is 0.397 e. The van der Waals surface area contributed by atoms with Crippen LogP contribution in [0, 0.1) is 11.3 Å². The Morgan fingerprint density at radius 2 is 2.29 bits per heavy atom. The third-order valence-corrected chi connectivity index (χ3v) is 2.76. The fourth-order valence-electron chi connectivity index (χ4n) is 1.90. The number of hydrogen-bond donors (Lipinski definition) is 2. The number of nitrogens with zero attached hydrogens (tertiary/aromatic N) is 2. The van der Waals surface area contributed by atoms with E-state index >= 15 is 0 Å². The van der Waals surface area contributed by atoms with Crippen LogP contribution in [0.4, 0.5) is 11.4 Å². The molecule has 1 aliphatic heterocycles. The molecule has 1 saturated heterocycles. The van der Waals surface area contributed by atoms with E-state index in [1.165, 1.54) is 0 Å². The van der Waals surface area contributed by atoms with Gasteiger partial charge in [0.2, 0.25) is 5.91 Å². The molecule has 2 rings (SSSR count). The molecule has 1 aliphatic rings. The number of rotatable bonds is 1. The lowest BCUT2D eigenvalue weighted by atomic mass is 10.1. The summed E-state index contributed by atoms with van der Waals surface area (Å²) in [6.07, 6.45) is 0.877. The highest BCUT2D eigenvalue weighted by molar-refractivity contribution is 5.83. The molecule has 1 heterocycles. The van der Waals surface area contributed by atoms with E-state index in [1.807, 2.05) is 4.90 Å². The maximum absolute atomic E-state index is 11.5. The summed E-state index contributed by atoms with van der Waals surface area (Å²) in [4.78, 5) is 13.4. The van der Waals surface area contributed by atoms with Crippen molar-refractivity contribution >= 4 is 17.3 Å². The lowest BCUT2D eigenvalue weighted by molar-refractivity contribution is -0.119. The standard InChI is InChI=1S/C12H14N4O/c13-7-9-2-3-10(14)11(6-9)16-5-1-4-15-12(17)8-16/h2-3,6H,1,4-5,8,14H2,(H,15,17). The van der Waals surface area contributed by atoms with Crippen LogP contribution in [0.2, 0.25) is 0 Å². The quantitative estimate of drug-likeness (QED) is 0.687. The number of nitrogens with two attached hydrogens (primary N) is 1. The van der Waals surface area contributed by atoms with Gasteiger partial charge in [-0.05, 0) is 24.6 Å². The summed E-state index contributed by atoms with van der Waals surface area (Å²) in [5.74, 6) is -0.00994. The van der Waals surface area contributed by atoms with Gasteiger partial charge >= 0.3 is 0 Å². The molecule has 0 atom stereocenters. The Kier molecular flexibility index (Phi) is 3.15. The zero-order valence-electron chi connectivity index (χ0n) is 9.44. The van der Waals surface area contributed by atoms with Gasteiger partial charge in [-0.15, -0.1) is 0 Å². The van der Waals surface area contributed by atoms with E-state index in [0.717, 1.165) is 18.7 Å². The van der Waals surface area contributed by atoms with E-state index in [9.17, 15) is 4.79 Å². The highest BCUT2D eigenvalue weighted by Gasteiger charge is 2.17. The molecule has 0 aromatic heterocycles. The second kappa shape index (κ2) is 4.74. The zero-order valence-corrected chi connectivity index (χ0v) is 9.44. The number of amides is 1. The Labute approximate surface area is 99.8 Å². The van der Waals surface area contributed by atoms with Crippen molar-refractivity contribution in [1.82, 2.24) is 5.32 Å². The van der Waals surface area contributed by atoms with E-state index in [2.05, 4.69) is 11.4 Å². The van der Waals surface area contributed by atoms with E-state index in [4.69, 9.17) is 11.0 Å². The Morgan fingerprint density at radius 1 is 1.47 bits per heavy atom. The predicted molar refractivity (Wildman–Crippen MR) is 65.4 cm³/mol. The van der Waals surface area contributed by atoms with Crippen LogP contribution in [0.25, 0.3) is 0 Å². The summed E-state index contributed by atoms with van der Waals surface area (Å²) in [5, 5.41) is 11.7. The van der Waals surface area contributed by atoms with Crippen LogP contribution in [0.15, 0.2) is 18.2 Å². The van der Waals surface area contributed by atoms with Crippen LogP contribution >= 0.6 is 0 Å². The minimum Gasteiger partial charge on any atom is -0.397 e. The topological polar surface area (TPSA) is 82.2 Å². The van der Waals surface area contributed by atoms with Gasteiger partial charge in [-0.3, -0.25) is 4.79 Å². The van der Waals surface area contributed by atoms with Crippen molar-refractivity contribution in [3.8, 4) is 6.07 Å². The monoisotopic (exact) mass is 230 g/mol. The number of nitrogen functional groups attached to an aromatic ring is 1. The van der Waals surface area contributed by atoms with Gasteiger partial charge in [0.05, 0.1) is 29.6 Å². The van der Waals surface area contributed by atoms with Gasteiger partial charge in [-0.25, -0.2) is 0 Å². The fraction of sp³-hybridized carbons (Fsp3) is 0.333. The summed E-state index contributed by atoms with van der Waals surface area (Å²) >= 11 is 0. The molecule has 5 nitrogen and oxygen atoms in total. The van der Waals surface area contributed by atoms with Gasteiger partial charge in [0.1, 0.15) is 0 Å². The second-order valence-corrected chi connectivity index (χ2v) is 4.01. The van der Waals surface area contributed by atoms with Crippen molar-refractivity contribution in [3.05, 3.63) is 23.8 Å². The number of nitrogens with one attached hydrogen (secondary N) is 1. The fourth-order valence-corrected chi connectivity index (χ4v) is 1.90. The number of carbonyl (C=O) groups is 1. The van der Waals surface area contributed by atoms with Crippen LogP contribution < -0.4 is 16.0 Å². The normalized spacial score (nSPS) is 15.9. The Balaban J connectivity index is 2.31. The first-order valence-electron chi connectivity index (χ1n) is 5.52. The molecule has 1 fully saturated rings. The Bertz CT molecular complexity index is 478. The number of hydrogen-bond acceptors (Lipinski definition) is 4. The molecule has 17 heavy (non-hydrogen) atoms. The van der Waals surface area contributed by atoms with Gasteiger partial charge in [-0.1, -0.05) is 0 Å². The molecule has 0 radical (unpaired) electrons. The van der Waals surface area contributed by atoms with Crippen LogP contribution in [0.3, 0.4) is 0 Å². The minimum absolute atomic E-state index is 0.00994. The van der Waals surface area contributed by atoms with Crippen molar-refractivity contribution < 1.29 is 4.79 Å². The summed E-state index contributed by atoms with van der Waals surface area (Å²) in [7, 11) is 0. The molecule has 5 heteroatoms. The first-order valence-corrected chi connectivity index (χ1v) is 5.52. The van der Waals surface area contributed by atoms with Crippen LogP contribution in [0.1, 0.15) is 12.0 Å². The van der Waals surface area contributed by atoms with E-state index in [1.54, 1.807) is 18.2 Å². The van der Waals surface area contributed by atoms with E-state index in [-0.39, 0.29) is 5.91 Å². The minimum atomic E-state index is -0.00994. The summed E-state index contributed by atoms with van der Waals surface area (Å²) in [6, 6.07) is 7.19. The van der Waals surface area contributed by atoms with Gasteiger partial charge in [0.25, 0.3) is 0 Å². The van der Waals surface area contributed by atoms with E-state index in [0.29, 0.717) is 24.3 Å². The van der Waals surface area contributed by atoms with Gasteiger partial charge < -0.3 is 16.0 Å². The molecule has 3 N–H and O–H groups in total. The van der Waals surface area contributed by atoms with Crippen molar-refractivity contribution in [2.24, 2.45) is 0 Å². The van der Waals surface area contributed by atoms with Crippen molar-refractivity contribution in [2.75, 3.05) is 30.3 Å². The molecule has 1 aromatic rings. The lowest BCUT2D eigenvalue weighted by Gasteiger charge is -2.23. The average Bonchev–Trinajstić information content (AvgIpc) is 2.54. The average molecular weight is 230 g/mol. The molecule has 1 aromatic carbocycles. The SMILES string of the molecule is N#Cc1ccc(N)c(N2CCCNC(=O)C2)c1. The molecule has 88 valence electrons. The summed E-state index contributed by atoms with van der Waals surface area (Å²) in [6.45, 7) is 1.74. The van der Waals surface area contributed by atoms with Crippen molar-refractivity contribution in [3.63, 3.8) is 0 Å². The molecule has 0 spiro atoms. The summed E-state index contributed by atoms with van der Waals surface area (Å²) < 4.78 is 0. The highest BCUT2D eigenvalue weighted by atomic mass is 16.2. The highest BCUT2D eigenvalue weighted by Crippen LogP contribution is 2.24. The number of anilines is 2. The third kappa shape index (κ3) is 2.48. The van der Waals surface area contributed by atoms with Gasteiger partial charge in [0, 0.05) is 13.1 Å². The smallest absolute Gasteiger partial charge is 0.239 e. The summed E-state index contributed by atoms with van der Waals surface area (Å²) in [5.41, 5.74) is 7.80. The first kappa shape index (κ1) is 11.3. The van der Waals surface area contributed by atoms with Crippen molar-refractivity contribution in [1.29, 1.82) is 5.26 Å². The molecular formula is C12H14N4O. The molecule has 0 aliphatic carbocycles. The molecule has 0 saturated carbocycles. The molecule has 0 unspecified atom stereocenters. The van der Waals surface area contributed by atoms with Crippen molar-refractivity contribution in [2.45, 2.75) is 6.42 Å². The molecule has 1 amide bonds. The van der Waals surface area contributed by atoms with Gasteiger partial charge in [-0.2, -0.15) is 5.26 Å². The maximum atomic E-state index is 11.5. The molecular weight excluding hydrogens is 216 g/mol. The van der Waals surface area contributed by atoms with Crippen LogP contribution in [0.5, 0.6) is 0 Å². The van der Waals surface area contributed by atoms with Gasteiger partial charge in [0.15, 0.2) is 0 Å². The third-order valence-electron chi connectivity index (χ3n) is 2.76. The molecule has 0 bridgehead atoms. The number of benzene rings is 1. The number of carbonyl (C=O) groups excluding carboxylic acids is 1. The maximum Gasteiger partial charge on any atom is 0.239 e. The predicted octanol–water partition coefficient (Wildman–Crippen LogP) is 0.467. The Morgan fingerprint density at radius 3 is 3.06 bits per heavy atom. The van der Waals surface area contributed by atoms with Crippen LogP contribution in [-0.2, 0) is 4.79 Å². The second-order valence-electron chi connectivity index (χ2n) is 4.01.